The molecule has 0 unspecified atom stereocenters. The first kappa shape index (κ1) is 25.8. The number of anilines is 1. The molecule has 3 atom stereocenters. The van der Waals surface area contributed by atoms with Crippen LogP contribution in [0.4, 0.5) is 14.5 Å². The van der Waals surface area contributed by atoms with Crippen LogP contribution in [0.5, 0.6) is 5.75 Å². The number of halogens is 2. The zero-order valence-electron chi connectivity index (χ0n) is 17.5. The molecule has 3 N–H and O–H groups in total. The Morgan fingerprint density at radius 2 is 1.34 bits per heavy atom. The van der Waals surface area contributed by atoms with Crippen molar-refractivity contribution in [2.24, 2.45) is 5.92 Å². The molecule has 0 radical (unpaired) electrons. The number of hydrogen-bond acceptors (Lipinski definition) is 5. The molecule has 0 amide bonds. The second-order valence-corrected chi connectivity index (χ2v) is 7.29. The number of aliphatic hydroxyl groups excluding tert-OH is 1. The Morgan fingerprint density at radius 3 is 1.88 bits per heavy atom. The maximum Gasteiger partial charge on any atom is 1.00 e. The average Bonchev–Trinajstić information content (AvgIpc) is 2.75. The van der Waals surface area contributed by atoms with E-state index in [1.807, 2.05) is 0 Å². The molecule has 32 heavy (non-hydrogen) atoms. The minimum Gasteiger partial charge on any atom is -0.550 e. The second kappa shape index (κ2) is 12.0. The molecule has 0 aromatic heterocycles. The molecule has 0 bridgehead atoms. The van der Waals surface area contributed by atoms with E-state index in [1.165, 1.54) is 60.7 Å². The molecule has 0 aliphatic heterocycles. The fraction of sp³-hybridized carbons (Fsp3) is 0.208. The van der Waals surface area contributed by atoms with Gasteiger partial charge in [-0.2, -0.15) is 0 Å². The number of carboxylic acid groups (broad SMARTS) is 1. The smallest absolute Gasteiger partial charge is 0.550 e. The quantitative estimate of drug-likeness (QED) is 0.419. The zero-order chi connectivity index (χ0) is 22.4. The summed E-state index contributed by atoms with van der Waals surface area (Å²) >= 11 is 0. The van der Waals surface area contributed by atoms with Gasteiger partial charge in [0.2, 0.25) is 0 Å². The van der Waals surface area contributed by atoms with E-state index in [-0.39, 0.29) is 48.1 Å². The van der Waals surface area contributed by atoms with Gasteiger partial charge in [0.25, 0.3) is 0 Å². The largest absolute Gasteiger partial charge is 1.00 e. The van der Waals surface area contributed by atoms with Gasteiger partial charge >= 0.3 is 29.6 Å². The summed E-state index contributed by atoms with van der Waals surface area (Å²) in [6, 6.07) is 16.1. The predicted molar refractivity (Wildman–Crippen MR) is 110 cm³/mol. The number of rotatable bonds is 9. The molecule has 3 aromatic carbocycles. The first-order chi connectivity index (χ1) is 14.8. The molecule has 0 heterocycles. The number of phenols is 1. The van der Waals surface area contributed by atoms with E-state index in [1.54, 1.807) is 12.1 Å². The molecule has 0 fully saturated rings. The van der Waals surface area contributed by atoms with Gasteiger partial charge in [-0.25, -0.2) is 8.78 Å². The van der Waals surface area contributed by atoms with Crippen molar-refractivity contribution in [3.05, 3.63) is 95.6 Å². The van der Waals surface area contributed by atoms with E-state index in [2.05, 4.69) is 5.32 Å². The third-order valence-corrected chi connectivity index (χ3v) is 5.13. The summed E-state index contributed by atoms with van der Waals surface area (Å²) < 4.78 is 26.4. The van der Waals surface area contributed by atoms with Crippen LogP contribution in [0.25, 0.3) is 0 Å². The summed E-state index contributed by atoms with van der Waals surface area (Å²) in [4.78, 5) is 12.0. The number of hydrogen-bond donors (Lipinski definition) is 3. The third kappa shape index (κ3) is 7.03. The minimum atomic E-state index is -1.32. The summed E-state index contributed by atoms with van der Waals surface area (Å²) in [7, 11) is 0. The number of carbonyl (C=O) groups is 1. The van der Waals surface area contributed by atoms with Gasteiger partial charge in [-0.3, -0.25) is 0 Å². The van der Waals surface area contributed by atoms with Crippen LogP contribution in [0.1, 0.15) is 36.1 Å². The topological polar surface area (TPSA) is 92.6 Å². The Balaban J connectivity index is 0.00000363. The number of carboxylic acids is 1. The minimum absolute atomic E-state index is 0. The average molecular weight is 449 g/mol. The SMILES string of the molecule is O=C([O-])[C@H](CC[C@H](O)c1ccc(F)cc1)[C@H](Nc1ccc(F)cc1)c1ccc(O)cc1.[Na+]. The number of aromatic hydroxyl groups is 1. The molecule has 5 nitrogen and oxygen atoms in total. The van der Waals surface area contributed by atoms with Crippen LogP contribution < -0.4 is 40.0 Å². The van der Waals surface area contributed by atoms with Crippen LogP contribution >= 0.6 is 0 Å². The fourth-order valence-corrected chi connectivity index (χ4v) is 3.43. The van der Waals surface area contributed by atoms with Gasteiger partial charge in [0, 0.05) is 17.6 Å². The van der Waals surface area contributed by atoms with Gasteiger partial charge in [-0.15, -0.1) is 0 Å². The van der Waals surface area contributed by atoms with Crippen molar-refractivity contribution in [3.8, 4) is 5.75 Å². The molecule has 3 rings (SSSR count). The van der Waals surface area contributed by atoms with Crippen molar-refractivity contribution >= 4 is 11.7 Å². The molecule has 0 aliphatic carbocycles. The van der Waals surface area contributed by atoms with E-state index >= 15 is 0 Å². The first-order valence-electron chi connectivity index (χ1n) is 9.79. The van der Waals surface area contributed by atoms with Gasteiger partial charge < -0.3 is 25.4 Å². The number of aliphatic hydroxyl groups is 1. The summed E-state index contributed by atoms with van der Waals surface area (Å²) in [5.41, 5.74) is 1.56. The maximum absolute atomic E-state index is 13.3. The van der Waals surface area contributed by atoms with E-state index in [4.69, 9.17) is 0 Å². The van der Waals surface area contributed by atoms with Gasteiger partial charge in [0.1, 0.15) is 17.4 Å². The van der Waals surface area contributed by atoms with Crippen molar-refractivity contribution in [2.75, 3.05) is 5.32 Å². The van der Waals surface area contributed by atoms with E-state index in [0.717, 1.165) is 0 Å². The number of benzene rings is 3. The third-order valence-electron chi connectivity index (χ3n) is 5.13. The van der Waals surface area contributed by atoms with Gasteiger partial charge in [-0.05, 0) is 72.5 Å². The molecule has 162 valence electrons. The first-order valence-corrected chi connectivity index (χ1v) is 9.79. The van der Waals surface area contributed by atoms with Crippen LogP contribution in [0.3, 0.4) is 0 Å². The molecule has 0 spiro atoms. The van der Waals surface area contributed by atoms with Crippen LogP contribution in [0, 0.1) is 17.6 Å². The zero-order valence-corrected chi connectivity index (χ0v) is 19.5. The fourth-order valence-electron chi connectivity index (χ4n) is 3.43. The van der Waals surface area contributed by atoms with E-state index in [9.17, 15) is 28.9 Å². The normalized spacial score (nSPS) is 13.5. The van der Waals surface area contributed by atoms with Crippen LogP contribution in [0.2, 0.25) is 0 Å². The predicted octanol–water partition coefficient (Wildman–Crippen LogP) is 0.707. The van der Waals surface area contributed by atoms with Crippen LogP contribution in [-0.4, -0.2) is 16.2 Å². The summed E-state index contributed by atoms with van der Waals surface area (Å²) in [5, 5.41) is 35.1. The van der Waals surface area contributed by atoms with Gasteiger partial charge in [-0.1, -0.05) is 24.3 Å². The molecule has 0 aliphatic rings. The number of carbonyl (C=O) groups excluding carboxylic acids is 1. The van der Waals surface area contributed by atoms with E-state index in [0.29, 0.717) is 16.8 Å². The number of nitrogens with one attached hydrogen (secondary N) is 1. The Labute approximate surface area is 207 Å². The maximum atomic E-state index is 13.3. The Bertz CT molecular complexity index is 998. The molecular formula is C24H22F2NNaO4. The monoisotopic (exact) mass is 449 g/mol. The molecule has 0 saturated heterocycles. The summed E-state index contributed by atoms with van der Waals surface area (Å²) in [6.07, 6.45) is -0.821. The van der Waals surface area contributed by atoms with Crippen molar-refractivity contribution in [1.29, 1.82) is 0 Å². The van der Waals surface area contributed by atoms with Gasteiger partial charge in [0.05, 0.1) is 12.1 Å². The van der Waals surface area contributed by atoms with E-state index < -0.39 is 35.7 Å². The number of phenolic OH excluding ortho intramolecular Hbond substituents is 1. The molecule has 3 aromatic rings. The second-order valence-electron chi connectivity index (χ2n) is 7.29. The van der Waals surface area contributed by atoms with Crippen LogP contribution in [-0.2, 0) is 4.79 Å². The Hall–Kier alpha value is -2.45. The van der Waals surface area contributed by atoms with Crippen LogP contribution in [0.15, 0.2) is 72.8 Å². The number of aliphatic carboxylic acids is 1. The summed E-state index contributed by atoms with van der Waals surface area (Å²) in [6.45, 7) is 0. The molecule has 8 heteroatoms. The molecule has 0 saturated carbocycles. The standard InChI is InChI=1S/C24H23F2NO4.Na/c25-17-5-1-15(2-6-17)22(29)14-13-21(24(30)31)23(16-3-11-20(28)12-4-16)27-19-9-7-18(26)8-10-19;/h1-12,21-23,27-29H,13-14H2,(H,30,31);/q;+1/p-1/t21-,22+,23-;/m1./s1. The van der Waals surface area contributed by atoms with Crippen molar-refractivity contribution in [1.82, 2.24) is 0 Å². The van der Waals surface area contributed by atoms with Crippen molar-refractivity contribution in [2.45, 2.75) is 25.0 Å². The summed E-state index contributed by atoms with van der Waals surface area (Å²) in [5.74, 6) is -3.20. The van der Waals surface area contributed by atoms with Gasteiger partial charge in [0.15, 0.2) is 0 Å². The van der Waals surface area contributed by atoms with Crippen molar-refractivity contribution < 1.29 is 58.5 Å². The Morgan fingerprint density at radius 1 is 0.844 bits per heavy atom. The van der Waals surface area contributed by atoms with Crippen molar-refractivity contribution in [3.63, 3.8) is 0 Å². The molecular weight excluding hydrogens is 427 g/mol. The Kier molecular flexibility index (Phi) is 9.65.